The van der Waals surface area contributed by atoms with Crippen LogP contribution in [0.2, 0.25) is 0 Å². The lowest BCUT2D eigenvalue weighted by molar-refractivity contribution is -0.142. The molecule has 8 heteroatoms. The summed E-state index contributed by atoms with van der Waals surface area (Å²) in [5.41, 5.74) is 5.91. The van der Waals surface area contributed by atoms with Crippen LogP contribution >= 0.6 is 0 Å². The summed E-state index contributed by atoms with van der Waals surface area (Å²) in [6, 6.07) is -0.741. The fourth-order valence-corrected chi connectivity index (χ4v) is 2.65. The maximum absolute atomic E-state index is 12.4. The molecule has 0 saturated carbocycles. The van der Waals surface area contributed by atoms with Crippen LogP contribution in [0.1, 0.15) is 45.0 Å². The molecule has 1 amide bonds. The number of likely N-dealkylation sites (tertiary alicyclic amines) is 1. The van der Waals surface area contributed by atoms with E-state index in [1.807, 2.05) is 13.8 Å². The van der Waals surface area contributed by atoms with Crippen molar-refractivity contribution in [1.29, 1.82) is 0 Å². The van der Waals surface area contributed by atoms with Crippen molar-refractivity contribution in [2.24, 2.45) is 11.7 Å². The number of nitrogens with zero attached hydrogens (tertiary/aromatic N) is 4. The lowest BCUT2D eigenvalue weighted by Crippen LogP contribution is -2.48. The first kappa shape index (κ1) is 14.9. The first-order valence-electron chi connectivity index (χ1n) is 6.98. The van der Waals surface area contributed by atoms with Gasteiger partial charge in [-0.15, -0.1) is 5.10 Å². The lowest BCUT2D eigenvalue weighted by atomic mass is 9.99. The molecule has 1 fully saturated rings. The number of tetrazole rings is 1. The quantitative estimate of drug-likeness (QED) is 0.675. The molecular weight excluding hydrogens is 260 g/mol. The van der Waals surface area contributed by atoms with Crippen LogP contribution in [0.25, 0.3) is 0 Å². The number of hydrogen-bond donors (Lipinski definition) is 3. The molecule has 112 valence electrons. The standard InChI is InChI=1S/C12H22N6O2/c1-7(2)6-8(13)10(19)12(20)18-5-3-4-9(18)11-14-16-17-15-11/h7-10,19H,3-6,13H2,1-2H3,(H,14,15,16,17)/t8-,9+,10+/m1/s1. The number of nitrogens with two attached hydrogens (primary N) is 1. The second kappa shape index (κ2) is 6.27. The summed E-state index contributed by atoms with van der Waals surface area (Å²) >= 11 is 0. The zero-order valence-corrected chi connectivity index (χ0v) is 11.9. The summed E-state index contributed by atoms with van der Waals surface area (Å²) < 4.78 is 0. The molecule has 1 aromatic heterocycles. The Labute approximate surface area is 117 Å². The van der Waals surface area contributed by atoms with Gasteiger partial charge in [-0.3, -0.25) is 4.79 Å². The van der Waals surface area contributed by atoms with Gasteiger partial charge in [0.25, 0.3) is 5.91 Å². The van der Waals surface area contributed by atoms with E-state index in [9.17, 15) is 9.90 Å². The Morgan fingerprint density at radius 3 is 2.95 bits per heavy atom. The molecular formula is C12H22N6O2. The number of rotatable bonds is 5. The van der Waals surface area contributed by atoms with Gasteiger partial charge in [0.1, 0.15) is 6.10 Å². The van der Waals surface area contributed by atoms with E-state index >= 15 is 0 Å². The predicted octanol–water partition coefficient (Wildman–Crippen LogP) is -0.402. The summed E-state index contributed by atoms with van der Waals surface area (Å²) in [5.74, 6) is 0.554. The van der Waals surface area contributed by atoms with Gasteiger partial charge in [-0.1, -0.05) is 13.8 Å². The molecule has 1 saturated heterocycles. The second-order valence-corrected chi connectivity index (χ2v) is 5.71. The van der Waals surface area contributed by atoms with Gasteiger partial charge in [0.15, 0.2) is 5.82 Å². The summed E-state index contributed by atoms with van der Waals surface area (Å²) in [6.45, 7) is 4.61. The van der Waals surface area contributed by atoms with E-state index in [1.165, 1.54) is 0 Å². The van der Waals surface area contributed by atoms with E-state index in [1.54, 1.807) is 4.90 Å². The fraction of sp³-hybridized carbons (Fsp3) is 0.833. The minimum absolute atomic E-state index is 0.196. The van der Waals surface area contributed by atoms with E-state index in [-0.39, 0.29) is 11.9 Å². The number of hydrogen-bond acceptors (Lipinski definition) is 6. The molecule has 0 unspecified atom stereocenters. The summed E-state index contributed by atoms with van der Waals surface area (Å²) in [7, 11) is 0. The smallest absolute Gasteiger partial charge is 0.253 e. The highest BCUT2D eigenvalue weighted by molar-refractivity contribution is 5.82. The van der Waals surface area contributed by atoms with E-state index in [0.29, 0.717) is 24.7 Å². The van der Waals surface area contributed by atoms with Crippen LogP contribution in [0.15, 0.2) is 0 Å². The number of aromatic nitrogens is 4. The van der Waals surface area contributed by atoms with Gasteiger partial charge < -0.3 is 15.7 Å². The first-order chi connectivity index (χ1) is 9.50. The molecule has 0 aliphatic carbocycles. The Morgan fingerprint density at radius 1 is 1.60 bits per heavy atom. The Balaban J connectivity index is 2.04. The van der Waals surface area contributed by atoms with Gasteiger partial charge in [-0.25, -0.2) is 5.10 Å². The molecule has 0 spiro atoms. The molecule has 4 N–H and O–H groups in total. The number of aliphatic hydroxyl groups excluding tert-OH is 1. The van der Waals surface area contributed by atoms with Crippen molar-refractivity contribution >= 4 is 5.91 Å². The molecule has 3 atom stereocenters. The third kappa shape index (κ3) is 3.13. The van der Waals surface area contributed by atoms with Crippen molar-refractivity contribution in [1.82, 2.24) is 25.5 Å². The first-order valence-corrected chi connectivity index (χ1v) is 6.98. The normalized spacial score (nSPS) is 22.2. The predicted molar refractivity (Wildman–Crippen MR) is 71.3 cm³/mol. The molecule has 2 rings (SSSR count). The minimum atomic E-state index is -1.17. The third-order valence-corrected chi connectivity index (χ3v) is 3.62. The minimum Gasteiger partial charge on any atom is -0.382 e. The number of carbonyl (C=O) groups is 1. The Kier molecular flexibility index (Phi) is 4.66. The number of carbonyl (C=O) groups excluding carboxylic acids is 1. The summed E-state index contributed by atoms with van der Waals surface area (Å²) in [5, 5.41) is 23.7. The average molecular weight is 282 g/mol. The monoisotopic (exact) mass is 282 g/mol. The lowest BCUT2D eigenvalue weighted by Gasteiger charge is -2.28. The number of H-pyrrole nitrogens is 1. The number of aromatic amines is 1. The van der Waals surface area contributed by atoms with Gasteiger partial charge in [-0.2, -0.15) is 0 Å². The summed E-state index contributed by atoms with van der Waals surface area (Å²) in [4.78, 5) is 14.0. The van der Waals surface area contributed by atoms with E-state index in [2.05, 4.69) is 20.6 Å². The van der Waals surface area contributed by atoms with Crippen molar-refractivity contribution in [3.05, 3.63) is 5.82 Å². The zero-order valence-electron chi connectivity index (χ0n) is 11.9. The molecule has 20 heavy (non-hydrogen) atoms. The largest absolute Gasteiger partial charge is 0.382 e. The maximum Gasteiger partial charge on any atom is 0.253 e. The van der Waals surface area contributed by atoms with Crippen LogP contribution in [-0.2, 0) is 4.79 Å². The third-order valence-electron chi connectivity index (χ3n) is 3.62. The van der Waals surface area contributed by atoms with Crippen LogP contribution in [0, 0.1) is 5.92 Å². The zero-order chi connectivity index (χ0) is 14.7. The number of aliphatic hydroxyl groups is 1. The Hall–Kier alpha value is -1.54. The highest BCUT2D eigenvalue weighted by atomic mass is 16.3. The highest BCUT2D eigenvalue weighted by Crippen LogP contribution is 2.30. The van der Waals surface area contributed by atoms with Gasteiger partial charge in [0, 0.05) is 12.6 Å². The molecule has 0 aromatic carbocycles. The SMILES string of the molecule is CC(C)C[C@@H](N)[C@H](O)C(=O)N1CCC[C@H]1c1nnn[nH]1. The van der Waals surface area contributed by atoms with Crippen LogP contribution in [0.3, 0.4) is 0 Å². The van der Waals surface area contributed by atoms with E-state index < -0.39 is 12.1 Å². The van der Waals surface area contributed by atoms with Gasteiger partial charge in [0.2, 0.25) is 0 Å². The van der Waals surface area contributed by atoms with Crippen LogP contribution in [0.5, 0.6) is 0 Å². The van der Waals surface area contributed by atoms with Gasteiger partial charge >= 0.3 is 0 Å². The van der Waals surface area contributed by atoms with Crippen LogP contribution in [0.4, 0.5) is 0 Å². The number of nitrogens with one attached hydrogen (secondary N) is 1. The summed E-state index contributed by atoms with van der Waals surface area (Å²) in [6.07, 6.45) is 1.08. The topological polar surface area (TPSA) is 121 Å². The van der Waals surface area contributed by atoms with Crippen molar-refractivity contribution in [3.63, 3.8) is 0 Å². The van der Waals surface area contributed by atoms with Crippen molar-refractivity contribution in [2.75, 3.05) is 6.54 Å². The number of amides is 1. The Bertz CT molecular complexity index is 435. The molecule has 0 bridgehead atoms. The van der Waals surface area contributed by atoms with Crippen molar-refractivity contribution in [2.45, 2.75) is 51.3 Å². The molecule has 1 aliphatic heterocycles. The van der Waals surface area contributed by atoms with E-state index in [4.69, 9.17) is 5.73 Å². The van der Waals surface area contributed by atoms with Gasteiger partial charge in [0.05, 0.1) is 6.04 Å². The van der Waals surface area contributed by atoms with Crippen LogP contribution in [-0.4, -0.2) is 55.2 Å². The molecule has 1 aliphatic rings. The van der Waals surface area contributed by atoms with Crippen molar-refractivity contribution < 1.29 is 9.90 Å². The molecule has 2 heterocycles. The average Bonchev–Trinajstić information content (AvgIpc) is 3.05. The highest BCUT2D eigenvalue weighted by Gasteiger charge is 2.37. The van der Waals surface area contributed by atoms with E-state index in [0.717, 1.165) is 12.8 Å². The van der Waals surface area contributed by atoms with Crippen molar-refractivity contribution in [3.8, 4) is 0 Å². The molecule has 1 aromatic rings. The van der Waals surface area contributed by atoms with Crippen LogP contribution < -0.4 is 5.73 Å². The molecule has 0 radical (unpaired) electrons. The Morgan fingerprint density at radius 2 is 2.35 bits per heavy atom. The second-order valence-electron chi connectivity index (χ2n) is 5.71. The van der Waals surface area contributed by atoms with Gasteiger partial charge in [-0.05, 0) is 35.6 Å². The fourth-order valence-electron chi connectivity index (χ4n) is 2.65. The molecule has 8 nitrogen and oxygen atoms in total. The maximum atomic E-state index is 12.4.